The monoisotopic (exact) mass is 406 g/mol. The lowest BCUT2D eigenvalue weighted by Gasteiger charge is -2.37. The zero-order valence-corrected chi connectivity index (χ0v) is 17.6. The maximum atomic E-state index is 11.8. The zero-order chi connectivity index (χ0) is 15.5. The van der Waals surface area contributed by atoms with Crippen LogP contribution in [0.15, 0.2) is 0 Å². The van der Waals surface area contributed by atoms with Gasteiger partial charge in [0.05, 0.1) is 0 Å². The first-order chi connectivity index (χ1) is 10.2. The summed E-state index contributed by atoms with van der Waals surface area (Å²) >= 11 is 0. The predicted octanol–water partition coefficient (Wildman–Crippen LogP) is 2.30. The van der Waals surface area contributed by atoms with Crippen molar-refractivity contribution in [2.45, 2.75) is 52.0 Å². The average Bonchev–Trinajstić information content (AvgIpc) is 2.52. The van der Waals surface area contributed by atoms with E-state index in [-0.39, 0.29) is 43.1 Å². The normalized spacial score (nSPS) is 16.3. The van der Waals surface area contributed by atoms with Gasteiger partial charge in [-0.25, -0.2) is 0 Å². The standard InChI is InChI=1S/C16H34N4O.3ClH/c1-3-19-10-12-20(13-11-19)15(2)14-18-16(21)8-6-4-5-7-9-17;;;/h15H,3-14,17H2,1-2H3,(H,18,21);3*1H. The highest BCUT2D eigenvalue weighted by atomic mass is 35.5. The molecule has 1 aliphatic rings. The molecule has 1 unspecified atom stereocenters. The van der Waals surface area contributed by atoms with Crippen LogP contribution in [0, 0.1) is 0 Å². The van der Waals surface area contributed by atoms with E-state index in [0.29, 0.717) is 12.5 Å². The van der Waals surface area contributed by atoms with E-state index < -0.39 is 0 Å². The van der Waals surface area contributed by atoms with Crippen molar-refractivity contribution in [2.75, 3.05) is 45.8 Å². The van der Waals surface area contributed by atoms with Crippen LogP contribution in [0.4, 0.5) is 0 Å². The Morgan fingerprint density at radius 3 is 2.17 bits per heavy atom. The molecule has 0 aliphatic carbocycles. The molecule has 24 heavy (non-hydrogen) atoms. The third kappa shape index (κ3) is 12.6. The minimum Gasteiger partial charge on any atom is -0.355 e. The Bertz CT molecular complexity index is 290. The lowest BCUT2D eigenvalue weighted by molar-refractivity contribution is -0.121. The molecule has 1 fully saturated rings. The molecular weight excluding hydrogens is 371 g/mol. The number of hydrogen-bond acceptors (Lipinski definition) is 4. The quantitative estimate of drug-likeness (QED) is 0.545. The summed E-state index contributed by atoms with van der Waals surface area (Å²) in [7, 11) is 0. The molecule has 0 spiro atoms. The van der Waals surface area contributed by atoms with Crippen molar-refractivity contribution in [1.82, 2.24) is 15.1 Å². The van der Waals surface area contributed by atoms with Gasteiger partial charge in [0.1, 0.15) is 0 Å². The van der Waals surface area contributed by atoms with Gasteiger partial charge in [0.15, 0.2) is 0 Å². The molecule has 1 amide bonds. The van der Waals surface area contributed by atoms with Gasteiger partial charge in [0.25, 0.3) is 0 Å². The number of carbonyl (C=O) groups is 1. The zero-order valence-electron chi connectivity index (χ0n) is 15.2. The Kier molecular flexibility index (Phi) is 21.8. The van der Waals surface area contributed by atoms with Crippen molar-refractivity contribution in [1.29, 1.82) is 0 Å². The molecule has 8 heteroatoms. The van der Waals surface area contributed by atoms with E-state index in [9.17, 15) is 4.79 Å². The predicted molar refractivity (Wildman–Crippen MR) is 110 cm³/mol. The molecule has 1 aliphatic heterocycles. The summed E-state index contributed by atoms with van der Waals surface area (Å²) in [6, 6.07) is 0.435. The minimum atomic E-state index is 0. The summed E-state index contributed by atoms with van der Waals surface area (Å²) in [6.45, 7) is 11.6. The van der Waals surface area contributed by atoms with Gasteiger partial charge >= 0.3 is 0 Å². The largest absolute Gasteiger partial charge is 0.355 e. The van der Waals surface area contributed by atoms with E-state index >= 15 is 0 Å². The second-order valence-electron chi connectivity index (χ2n) is 6.08. The molecule has 0 radical (unpaired) electrons. The summed E-state index contributed by atoms with van der Waals surface area (Å²) < 4.78 is 0. The molecule has 1 heterocycles. The van der Waals surface area contributed by atoms with Crippen LogP contribution in [-0.4, -0.2) is 67.6 Å². The number of halogens is 3. The molecule has 1 rings (SSSR count). The third-order valence-electron chi connectivity index (χ3n) is 4.43. The molecular formula is C16H37Cl3N4O. The highest BCUT2D eigenvalue weighted by Gasteiger charge is 2.20. The Morgan fingerprint density at radius 1 is 1.04 bits per heavy atom. The van der Waals surface area contributed by atoms with Gasteiger partial charge in [0, 0.05) is 45.2 Å². The summed E-state index contributed by atoms with van der Waals surface area (Å²) in [6.07, 6.45) is 4.96. The molecule has 0 bridgehead atoms. The third-order valence-corrected chi connectivity index (χ3v) is 4.43. The van der Waals surface area contributed by atoms with Crippen LogP contribution in [0.5, 0.6) is 0 Å². The molecule has 0 aromatic carbocycles. The fraction of sp³-hybridized carbons (Fsp3) is 0.938. The van der Waals surface area contributed by atoms with Gasteiger partial charge in [-0.2, -0.15) is 0 Å². The maximum Gasteiger partial charge on any atom is 0.220 e. The molecule has 3 N–H and O–H groups in total. The maximum absolute atomic E-state index is 11.8. The minimum absolute atomic E-state index is 0. The van der Waals surface area contributed by atoms with Crippen molar-refractivity contribution in [3.05, 3.63) is 0 Å². The Morgan fingerprint density at radius 2 is 1.62 bits per heavy atom. The highest BCUT2D eigenvalue weighted by Crippen LogP contribution is 2.06. The molecule has 1 atom stereocenters. The van der Waals surface area contributed by atoms with E-state index in [0.717, 1.165) is 71.5 Å². The van der Waals surface area contributed by atoms with Crippen molar-refractivity contribution in [3.63, 3.8) is 0 Å². The number of carbonyl (C=O) groups excluding carboxylic acids is 1. The van der Waals surface area contributed by atoms with Gasteiger partial charge in [0.2, 0.25) is 5.91 Å². The van der Waals surface area contributed by atoms with Crippen molar-refractivity contribution in [3.8, 4) is 0 Å². The first-order valence-corrected chi connectivity index (χ1v) is 8.60. The summed E-state index contributed by atoms with van der Waals surface area (Å²) in [4.78, 5) is 16.8. The molecule has 0 aromatic heterocycles. The van der Waals surface area contributed by atoms with E-state index in [1.165, 1.54) is 0 Å². The van der Waals surface area contributed by atoms with Crippen LogP contribution in [0.1, 0.15) is 46.0 Å². The average molecular weight is 408 g/mol. The summed E-state index contributed by atoms with van der Waals surface area (Å²) in [5.74, 6) is 0.196. The van der Waals surface area contributed by atoms with Gasteiger partial charge in [-0.15, -0.1) is 37.2 Å². The van der Waals surface area contributed by atoms with E-state index in [4.69, 9.17) is 5.73 Å². The second kappa shape index (κ2) is 18.0. The first-order valence-electron chi connectivity index (χ1n) is 8.60. The van der Waals surface area contributed by atoms with Crippen molar-refractivity contribution in [2.24, 2.45) is 5.73 Å². The second-order valence-corrected chi connectivity index (χ2v) is 6.08. The van der Waals surface area contributed by atoms with Crippen LogP contribution in [0.25, 0.3) is 0 Å². The number of piperazine rings is 1. The van der Waals surface area contributed by atoms with E-state index in [1.54, 1.807) is 0 Å². The van der Waals surface area contributed by atoms with Gasteiger partial charge < -0.3 is 16.0 Å². The number of unbranched alkanes of at least 4 members (excludes halogenated alkanes) is 3. The number of nitrogens with zero attached hydrogens (tertiary/aromatic N) is 2. The number of hydrogen-bond donors (Lipinski definition) is 2. The van der Waals surface area contributed by atoms with Crippen LogP contribution in [-0.2, 0) is 4.79 Å². The number of likely N-dealkylation sites (N-methyl/N-ethyl adjacent to an activating group) is 1. The Hall–Kier alpha value is 0.220. The highest BCUT2D eigenvalue weighted by molar-refractivity contribution is 5.86. The lowest BCUT2D eigenvalue weighted by atomic mass is 10.1. The Labute approximate surface area is 166 Å². The summed E-state index contributed by atoms with van der Waals surface area (Å²) in [5.41, 5.74) is 5.45. The number of nitrogens with one attached hydrogen (secondary N) is 1. The van der Waals surface area contributed by atoms with Crippen LogP contribution >= 0.6 is 37.2 Å². The fourth-order valence-electron chi connectivity index (χ4n) is 2.78. The van der Waals surface area contributed by atoms with E-state index in [1.807, 2.05) is 0 Å². The van der Waals surface area contributed by atoms with Gasteiger partial charge in [-0.05, 0) is 32.9 Å². The Balaban J connectivity index is -0.00000147. The topological polar surface area (TPSA) is 61.6 Å². The number of nitrogens with two attached hydrogens (primary N) is 1. The number of amides is 1. The lowest BCUT2D eigenvalue weighted by Crippen LogP contribution is -2.52. The molecule has 0 saturated carbocycles. The molecule has 0 aromatic rings. The smallest absolute Gasteiger partial charge is 0.220 e. The van der Waals surface area contributed by atoms with Crippen LogP contribution < -0.4 is 11.1 Å². The molecule has 1 saturated heterocycles. The van der Waals surface area contributed by atoms with E-state index in [2.05, 4.69) is 29.0 Å². The van der Waals surface area contributed by atoms with Gasteiger partial charge in [-0.1, -0.05) is 19.8 Å². The van der Waals surface area contributed by atoms with Crippen LogP contribution in [0.2, 0.25) is 0 Å². The SMILES string of the molecule is CCN1CCN(C(C)CNC(=O)CCCCCCN)CC1.Cl.Cl.Cl. The molecule has 5 nitrogen and oxygen atoms in total. The molecule has 148 valence electrons. The van der Waals surface area contributed by atoms with Gasteiger partial charge in [-0.3, -0.25) is 9.69 Å². The van der Waals surface area contributed by atoms with Crippen molar-refractivity contribution < 1.29 is 4.79 Å². The first kappa shape index (κ1) is 29.0. The fourth-order valence-corrected chi connectivity index (χ4v) is 2.78. The number of rotatable bonds is 10. The van der Waals surface area contributed by atoms with Crippen LogP contribution in [0.3, 0.4) is 0 Å². The summed E-state index contributed by atoms with van der Waals surface area (Å²) in [5, 5.41) is 3.08. The van der Waals surface area contributed by atoms with Crippen molar-refractivity contribution >= 4 is 43.1 Å².